The molecule has 3 nitrogen and oxygen atoms in total. The highest BCUT2D eigenvalue weighted by Gasteiger charge is 2.16. The molecule has 0 bridgehead atoms. The topological polar surface area (TPSA) is 56.1 Å². The van der Waals surface area contributed by atoms with Crippen molar-refractivity contribution in [2.75, 3.05) is 0 Å². The summed E-state index contributed by atoms with van der Waals surface area (Å²) in [6.07, 6.45) is 0. The number of rotatable bonds is 1. The van der Waals surface area contributed by atoms with E-state index in [0.717, 1.165) is 5.56 Å². The minimum absolute atomic E-state index is 0.0264. The fourth-order valence-electron chi connectivity index (χ4n) is 1.73. The standard InChI is InChI=1S/C12H18N2O/c1-8-7-9(11(13)14-15)5-6-10(8)12(2,3)4/h5-7,15H,1-4H3,(H2,13,14). The average Bonchev–Trinajstić information content (AvgIpc) is 2.14. The van der Waals surface area contributed by atoms with Gasteiger partial charge in [-0.25, -0.2) is 0 Å². The van der Waals surface area contributed by atoms with Crippen LogP contribution in [0.2, 0.25) is 0 Å². The molecule has 1 rings (SSSR count). The molecule has 0 saturated carbocycles. The second-order valence-corrected chi connectivity index (χ2v) is 4.77. The molecule has 0 aliphatic rings. The molecule has 15 heavy (non-hydrogen) atoms. The first-order valence-corrected chi connectivity index (χ1v) is 4.96. The molecule has 0 fully saturated rings. The van der Waals surface area contributed by atoms with Crippen molar-refractivity contribution >= 4 is 5.84 Å². The van der Waals surface area contributed by atoms with E-state index < -0.39 is 0 Å². The van der Waals surface area contributed by atoms with Gasteiger partial charge in [0, 0.05) is 5.56 Å². The lowest BCUT2D eigenvalue weighted by Crippen LogP contribution is -2.20. The van der Waals surface area contributed by atoms with E-state index in [9.17, 15) is 0 Å². The van der Waals surface area contributed by atoms with E-state index in [1.54, 1.807) is 0 Å². The van der Waals surface area contributed by atoms with E-state index in [4.69, 9.17) is 10.6 Å². The van der Waals surface area contributed by atoms with Crippen molar-refractivity contribution < 1.29 is 5.21 Å². The summed E-state index contributed by atoms with van der Waals surface area (Å²) in [5.41, 5.74) is 5.06. The SMILES string of the molecule is Cc1cc(C(=N)NO)ccc1C(C)(C)C. The first kappa shape index (κ1) is 11.7. The van der Waals surface area contributed by atoms with Crippen LogP contribution in [0.4, 0.5) is 0 Å². The Bertz CT molecular complexity index is 378. The van der Waals surface area contributed by atoms with Gasteiger partial charge >= 0.3 is 0 Å². The van der Waals surface area contributed by atoms with Crippen molar-refractivity contribution in [3.8, 4) is 0 Å². The Balaban J connectivity index is 3.15. The predicted octanol–water partition coefficient (Wildman–Crippen LogP) is 2.60. The quantitative estimate of drug-likeness (QED) is 0.376. The number of amidine groups is 1. The molecule has 0 unspecified atom stereocenters. The lowest BCUT2D eigenvalue weighted by molar-refractivity contribution is 0.234. The third-order valence-electron chi connectivity index (χ3n) is 2.43. The van der Waals surface area contributed by atoms with Gasteiger partial charge in [-0.1, -0.05) is 32.9 Å². The van der Waals surface area contributed by atoms with Gasteiger partial charge in [0.25, 0.3) is 0 Å². The Morgan fingerprint density at radius 1 is 1.33 bits per heavy atom. The Kier molecular flexibility index (Phi) is 3.15. The lowest BCUT2D eigenvalue weighted by Gasteiger charge is -2.22. The van der Waals surface area contributed by atoms with Crippen molar-refractivity contribution in [2.24, 2.45) is 0 Å². The number of benzene rings is 1. The van der Waals surface area contributed by atoms with Gasteiger partial charge in [-0.05, 0) is 29.5 Å². The molecule has 0 amide bonds. The molecule has 0 saturated heterocycles. The lowest BCUT2D eigenvalue weighted by atomic mass is 9.83. The van der Waals surface area contributed by atoms with Crippen LogP contribution in [0.25, 0.3) is 0 Å². The van der Waals surface area contributed by atoms with E-state index >= 15 is 0 Å². The van der Waals surface area contributed by atoms with Gasteiger partial charge in [0.2, 0.25) is 0 Å². The highest BCUT2D eigenvalue weighted by atomic mass is 16.5. The third kappa shape index (κ3) is 2.57. The molecule has 1 aromatic carbocycles. The van der Waals surface area contributed by atoms with Crippen LogP contribution in [0.3, 0.4) is 0 Å². The molecule has 0 atom stereocenters. The van der Waals surface area contributed by atoms with E-state index in [1.807, 2.05) is 30.6 Å². The molecule has 0 aliphatic carbocycles. The molecular formula is C12H18N2O. The van der Waals surface area contributed by atoms with Gasteiger partial charge in [0.1, 0.15) is 5.84 Å². The smallest absolute Gasteiger partial charge is 0.149 e. The number of hydrogen-bond donors (Lipinski definition) is 3. The summed E-state index contributed by atoms with van der Waals surface area (Å²) < 4.78 is 0. The molecule has 0 aromatic heterocycles. The van der Waals surface area contributed by atoms with E-state index in [0.29, 0.717) is 5.56 Å². The van der Waals surface area contributed by atoms with E-state index in [2.05, 4.69) is 20.8 Å². The second-order valence-electron chi connectivity index (χ2n) is 4.77. The molecule has 0 spiro atoms. The van der Waals surface area contributed by atoms with Gasteiger partial charge in [0.15, 0.2) is 0 Å². The monoisotopic (exact) mass is 206 g/mol. The van der Waals surface area contributed by atoms with Crippen molar-refractivity contribution in [1.29, 1.82) is 5.41 Å². The fourth-order valence-corrected chi connectivity index (χ4v) is 1.73. The van der Waals surface area contributed by atoms with Gasteiger partial charge in [-0.15, -0.1) is 0 Å². The number of hydrogen-bond acceptors (Lipinski definition) is 2. The fraction of sp³-hybridized carbons (Fsp3) is 0.417. The van der Waals surface area contributed by atoms with Crippen LogP contribution >= 0.6 is 0 Å². The Labute approximate surface area is 90.6 Å². The van der Waals surface area contributed by atoms with Crippen molar-refractivity contribution in [3.05, 3.63) is 34.9 Å². The van der Waals surface area contributed by atoms with Crippen LogP contribution in [-0.2, 0) is 5.41 Å². The van der Waals surface area contributed by atoms with Crippen molar-refractivity contribution in [1.82, 2.24) is 5.48 Å². The zero-order chi connectivity index (χ0) is 11.6. The molecule has 82 valence electrons. The zero-order valence-electron chi connectivity index (χ0n) is 9.68. The Morgan fingerprint density at radius 3 is 2.33 bits per heavy atom. The predicted molar refractivity (Wildman–Crippen MR) is 61.6 cm³/mol. The van der Waals surface area contributed by atoms with Crippen LogP contribution in [0.1, 0.15) is 37.5 Å². The Morgan fingerprint density at radius 2 is 1.93 bits per heavy atom. The minimum atomic E-state index is 0.0264. The number of aryl methyl sites for hydroxylation is 1. The first-order chi connectivity index (χ1) is 6.86. The summed E-state index contributed by atoms with van der Waals surface area (Å²) in [4.78, 5) is 0. The van der Waals surface area contributed by atoms with Crippen LogP contribution in [0, 0.1) is 12.3 Å². The van der Waals surface area contributed by atoms with Crippen molar-refractivity contribution in [3.63, 3.8) is 0 Å². The summed E-state index contributed by atoms with van der Waals surface area (Å²) in [6.45, 7) is 8.49. The Hall–Kier alpha value is -1.35. The number of nitrogens with one attached hydrogen (secondary N) is 2. The summed E-state index contributed by atoms with van der Waals surface area (Å²) >= 11 is 0. The first-order valence-electron chi connectivity index (χ1n) is 4.96. The summed E-state index contributed by atoms with van der Waals surface area (Å²) in [5.74, 6) is 0.0264. The molecule has 0 radical (unpaired) electrons. The van der Waals surface area contributed by atoms with Gasteiger partial charge < -0.3 is 0 Å². The van der Waals surface area contributed by atoms with Crippen molar-refractivity contribution in [2.45, 2.75) is 33.1 Å². The minimum Gasteiger partial charge on any atom is -0.290 e. The molecule has 0 aliphatic heterocycles. The van der Waals surface area contributed by atoms with Crippen LogP contribution in [0.5, 0.6) is 0 Å². The molecule has 3 N–H and O–H groups in total. The molecule has 1 aromatic rings. The van der Waals surface area contributed by atoms with Crippen LogP contribution in [0.15, 0.2) is 18.2 Å². The highest BCUT2D eigenvalue weighted by molar-refractivity contribution is 5.95. The van der Waals surface area contributed by atoms with Crippen LogP contribution < -0.4 is 5.48 Å². The second kappa shape index (κ2) is 4.03. The maximum atomic E-state index is 8.63. The summed E-state index contributed by atoms with van der Waals surface area (Å²) in [5, 5.41) is 16.1. The maximum Gasteiger partial charge on any atom is 0.149 e. The zero-order valence-corrected chi connectivity index (χ0v) is 9.68. The normalized spacial score (nSPS) is 11.3. The van der Waals surface area contributed by atoms with E-state index in [1.165, 1.54) is 5.56 Å². The molecule has 3 heteroatoms. The van der Waals surface area contributed by atoms with Gasteiger partial charge in [-0.2, -0.15) is 0 Å². The van der Waals surface area contributed by atoms with Gasteiger partial charge in [0.05, 0.1) is 0 Å². The largest absolute Gasteiger partial charge is 0.290 e. The maximum absolute atomic E-state index is 8.63. The molecular weight excluding hydrogens is 188 g/mol. The summed E-state index contributed by atoms with van der Waals surface area (Å²) in [6, 6.07) is 5.77. The highest BCUT2D eigenvalue weighted by Crippen LogP contribution is 2.25. The van der Waals surface area contributed by atoms with E-state index in [-0.39, 0.29) is 11.3 Å². The number of hydroxylamine groups is 1. The van der Waals surface area contributed by atoms with Crippen LogP contribution in [-0.4, -0.2) is 11.0 Å². The molecule has 0 heterocycles. The van der Waals surface area contributed by atoms with Gasteiger partial charge in [-0.3, -0.25) is 16.1 Å². The average molecular weight is 206 g/mol. The third-order valence-corrected chi connectivity index (χ3v) is 2.43. The summed E-state index contributed by atoms with van der Waals surface area (Å²) in [7, 11) is 0.